The van der Waals surface area contributed by atoms with Crippen LogP contribution in [0.1, 0.15) is 37.6 Å². The minimum Gasteiger partial charge on any atom is -0.493 e. The molecule has 2 aromatic carbocycles. The van der Waals surface area contributed by atoms with Gasteiger partial charge in [-0.3, -0.25) is 10.1 Å². The van der Waals surface area contributed by atoms with Gasteiger partial charge in [0.1, 0.15) is 11.5 Å². The van der Waals surface area contributed by atoms with Gasteiger partial charge in [-0.05, 0) is 68.9 Å². The number of hydrogen-bond acceptors (Lipinski definition) is 4. The molecule has 138 valence electrons. The maximum atomic E-state index is 12.5. The Kier molecular flexibility index (Phi) is 7.41. The molecule has 2 aromatic rings. The topological polar surface area (TPSA) is 59.6 Å². The van der Waals surface area contributed by atoms with E-state index in [4.69, 9.17) is 21.7 Å². The molecular formula is C20H24N2O3S. The van der Waals surface area contributed by atoms with Crippen molar-refractivity contribution in [3.63, 3.8) is 0 Å². The third-order valence-electron chi connectivity index (χ3n) is 3.30. The molecular weight excluding hydrogens is 348 g/mol. The number of carbonyl (C=O) groups excluding carboxylic acids is 1. The molecule has 2 rings (SSSR count). The summed E-state index contributed by atoms with van der Waals surface area (Å²) in [6.45, 7) is 6.51. The van der Waals surface area contributed by atoms with Gasteiger partial charge in [-0.15, -0.1) is 0 Å². The monoisotopic (exact) mass is 372 g/mol. The molecule has 0 atom stereocenters. The van der Waals surface area contributed by atoms with E-state index in [9.17, 15) is 4.79 Å². The Hall–Kier alpha value is -2.60. The molecule has 0 saturated carbocycles. The fourth-order valence-electron chi connectivity index (χ4n) is 2.21. The first-order valence-electron chi connectivity index (χ1n) is 8.60. The van der Waals surface area contributed by atoms with Crippen LogP contribution in [0.15, 0.2) is 48.5 Å². The largest absolute Gasteiger partial charge is 0.493 e. The average Bonchev–Trinajstić information content (AvgIpc) is 2.61. The Morgan fingerprint density at radius 1 is 1.12 bits per heavy atom. The van der Waals surface area contributed by atoms with Gasteiger partial charge >= 0.3 is 0 Å². The van der Waals surface area contributed by atoms with Crippen molar-refractivity contribution in [3.05, 3.63) is 54.1 Å². The zero-order valence-electron chi connectivity index (χ0n) is 15.2. The van der Waals surface area contributed by atoms with E-state index >= 15 is 0 Å². The van der Waals surface area contributed by atoms with Crippen LogP contribution < -0.4 is 20.1 Å². The number of para-hydroxylation sites is 1. The molecule has 0 aliphatic rings. The molecule has 0 spiro atoms. The van der Waals surface area contributed by atoms with Crippen molar-refractivity contribution in [3.8, 4) is 11.5 Å². The fourth-order valence-corrected chi connectivity index (χ4v) is 2.42. The number of ether oxygens (including phenoxy) is 2. The van der Waals surface area contributed by atoms with Gasteiger partial charge in [0.2, 0.25) is 0 Å². The van der Waals surface area contributed by atoms with Crippen LogP contribution in [0.2, 0.25) is 0 Å². The molecule has 0 aliphatic carbocycles. The Morgan fingerprint density at radius 3 is 2.46 bits per heavy atom. The molecule has 0 saturated heterocycles. The van der Waals surface area contributed by atoms with Crippen molar-refractivity contribution in [2.24, 2.45) is 0 Å². The van der Waals surface area contributed by atoms with Crippen LogP contribution in [0.4, 0.5) is 5.69 Å². The lowest BCUT2D eigenvalue weighted by Crippen LogP contribution is -2.34. The van der Waals surface area contributed by atoms with Gasteiger partial charge < -0.3 is 14.8 Å². The van der Waals surface area contributed by atoms with Crippen LogP contribution in [0.25, 0.3) is 0 Å². The fraction of sp³-hybridized carbons (Fsp3) is 0.300. The minimum absolute atomic E-state index is 0.115. The summed E-state index contributed by atoms with van der Waals surface area (Å²) in [5, 5.41) is 5.89. The smallest absolute Gasteiger partial charge is 0.261 e. The van der Waals surface area contributed by atoms with Crippen molar-refractivity contribution >= 4 is 28.9 Å². The number of anilines is 1. The molecule has 0 radical (unpaired) electrons. The molecule has 0 unspecified atom stereocenters. The van der Waals surface area contributed by atoms with Gasteiger partial charge in [0.25, 0.3) is 5.91 Å². The number of benzene rings is 2. The first-order valence-corrected chi connectivity index (χ1v) is 9.01. The number of nitrogens with one attached hydrogen (secondary N) is 2. The first kappa shape index (κ1) is 19.7. The summed E-state index contributed by atoms with van der Waals surface area (Å²) in [6, 6.07) is 14.5. The molecule has 2 N–H and O–H groups in total. The molecule has 0 aliphatic heterocycles. The van der Waals surface area contributed by atoms with Crippen LogP contribution in [0, 0.1) is 0 Å². The molecule has 0 heterocycles. The lowest BCUT2D eigenvalue weighted by atomic mass is 10.2. The van der Waals surface area contributed by atoms with Crippen LogP contribution in [-0.4, -0.2) is 23.7 Å². The molecule has 1 amide bonds. The second-order valence-corrected chi connectivity index (χ2v) is 6.35. The van der Waals surface area contributed by atoms with Gasteiger partial charge in [0.05, 0.1) is 18.3 Å². The van der Waals surface area contributed by atoms with Gasteiger partial charge in [-0.1, -0.05) is 19.1 Å². The predicted molar refractivity (Wildman–Crippen MR) is 108 cm³/mol. The van der Waals surface area contributed by atoms with E-state index in [0.29, 0.717) is 17.9 Å². The highest BCUT2D eigenvalue weighted by molar-refractivity contribution is 7.80. The normalized spacial score (nSPS) is 10.3. The van der Waals surface area contributed by atoms with Crippen LogP contribution in [-0.2, 0) is 0 Å². The molecule has 26 heavy (non-hydrogen) atoms. The van der Waals surface area contributed by atoms with Gasteiger partial charge in [0, 0.05) is 5.69 Å². The van der Waals surface area contributed by atoms with Crippen molar-refractivity contribution in [1.82, 2.24) is 5.32 Å². The van der Waals surface area contributed by atoms with E-state index < -0.39 is 0 Å². The third kappa shape index (κ3) is 6.04. The molecule has 0 aromatic heterocycles. The Bertz CT molecular complexity index is 745. The highest BCUT2D eigenvalue weighted by Crippen LogP contribution is 2.19. The predicted octanol–water partition coefficient (Wildman–Crippen LogP) is 4.39. The van der Waals surface area contributed by atoms with Gasteiger partial charge in [-0.2, -0.15) is 0 Å². The summed E-state index contributed by atoms with van der Waals surface area (Å²) in [5.74, 6) is 1.02. The van der Waals surface area contributed by atoms with Crippen LogP contribution in [0.5, 0.6) is 11.5 Å². The van der Waals surface area contributed by atoms with Gasteiger partial charge in [-0.25, -0.2) is 0 Å². The third-order valence-corrected chi connectivity index (χ3v) is 3.51. The summed E-state index contributed by atoms with van der Waals surface area (Å²) in [4.78, 5) is 12.5. The summed E-state index contributed by atoms with van der Waals surface area (Å²) >= 11 is 5.23. The number of rotatable bonds is 7. The Morgan fingerprint density at radius 2 is 1.81 bits per heavy atom. The summed E-state index contributed by atoms with van der Waals surface area (Å²) in [5.41, 5.74) is 1.22. The maximum Gasteiger partial charge on any atom is 0.261 e. The minimum atomic E-state index is -0.311. The van der Waals surface area contributed by atoms with E-state index in [1.54, 1.807) is 18.2 Å². The van der Waals surface area contributed by atoms with Crippen molar-refractivity contribution < 1.29 is 14.3 Å². The molecule has 6 heteroatoms. The zero-order chi connectivity index (χ0) is 18.9. The maximum absolute atomic E-state index is 12.5. The van der Waals surface area contributed by atoms with E-state index in [1.807, 2.05) is 51.1 Å². The number of thiocarbonyl (C=S) groups is 1. The van der Waals surface area contributed by atoms with Crippen molar-refractivity contribution in [1.29, 1.82) is 0 Å². The van der Waals surface area contributed by atoms with Gasteiger partial charge in [0.15, 0.2) is 5.11 Å². The lowest BCUT2D eigenvalue weighted by molar-refractivity contribution is 0.0973. The highest BCUT2D eigenvalue weighted by Gasteiger charge is 2.13. The SMILES string of the molecule is CCCOc1ccccc1C(=O)NC(=S)Nc1ccc(OC(C)C)cc1. The lowest BCUT2D eigenvalue weighted by Gasteiger charge is -2.13. The summed E-state index contributed by atoms with van der Waals surface area (Å²) in [6.07, 6.45) is 0.982. The Balaban J connectivity index is 1.96. The van der Waals surface area contributed by atoms with Crippen LogP contribution in [0.3, 0.4) is 0 Å². The van der Waals surface area contributed by atoms with Crippen molar-refractivity contribution in [2.75, 3.05) is 11.9 Å². The molecule has 0 fully saturated rings. The zero-order valence-corrected chi connectivity index (χ0v) is 16.1. The first-order chi connectivity index (χ1) is 12.5. The number of carbonyl (C=O) groups is 1. The van der Waals surface area contributed by atoms with E-state index in [-0.39, 0.29) is 17.1 Å². The van der Waals surface area contributed by atoms with Crippen LogP contribution >= 0.6 is 12.2 Å². The van der Waals surface area contributed by atoms with Crippen molar-refractivity contribution in [2.45, 2.75) is 33.3 Å². The summed E-state index contributed by atoms with van der Waals surface area (Å²) < 4.78 is 11.2. The van der Waals surface area contributed by atoms with E-state index in [0.717, 1.165) is 17.9 Å². The number of hydrogen-bond donors (Lipinski definition) is 2. The second kappa shape index (κ2) is 9.77. The standard InChI is InChI=1S/C20H24N2O3S/c1-4-13-24-18-8-6-5-7-17(18)19(23)22-20(26)21-15-9-11-16(12-10-15)25-14(2)3/h5-12,14H,4,13H2,1-3H3,(H2,21,22,23,26). The van der Waals surface area contributed by atoms with E-state index in [2.05, 4.69) is 10.6 Å². The number of amides is 1. The average molecular weight is 372 g/mol. The highest BCUT2D eigenvalue weighted by atomic mass is 32.1. The Labute approximate surface area is 159 Å². The quantitative estimate of drug-likeness (QED) is 0.706. The molecule has 0 bridgehead atoms. The van der Waals surface area contributed by atoms with E-state index in [1.165, 1.54) is 0 Å². The second-order valence-electron chi connectivity index (χ2n) is 5.94. The summed E-state index contributed by atoms with van der Waals surface area (Å²) in [7, 11) is 0. The molecule has 5 nitrogen and oxygen atoms in total.